The number of sulfonamides is 1. The molecular weight excluding hydrogens is 373 g/mol. The van der Waals surface area contributed by atoms with Crippen molar-refractivity contribution in [3.8, 4) is 0 Å². The number of hydrogen-bond donors (Lipinski definition) is 2. The Labute approximate surface area is 158 Å². The van der Waals surface area contributed by atoms with Crippen molar-refractivity contribution < 1.29 is 17.7 Å². The van der Waals surface area contributed by atoms with E-state index >= 15 is 0 Å². The summed E-state index contributed by atoms with van der Waals surface area (Å²) in [6, 6.07) is 10.6. The molecule has 1 aliphatic heterocycles. The number of piperazine rings is 1. The highest BCUT2D eigenvalue weighted by molar-refractivity contribution is 7.88. The summed E-state index contributed by atoms with van der Waals surface area (Å²) in [6.45, 7) is 5.44. The van der Waals surface area contributed by atoms with Crippen molar-refractivity contribution in [2.24, 2.45) is 0 Å². The molecule has 1 saturated heterocycles. The Morgan fingerprint density at radius 2 is 1.85 bits per heavy atom. The number of hydrogen-bond acceptors (Lipinski definition) is 4. The van der Waals surface area contributed by atoms with E-state index in [4.69, 9.17) is 0 Å². The van der Waals surface area contributed by atoms with Gasteiger partial charge in [0.15, 0.2) is 0 Å². The lowest BCUT2D eigenvalue weighted by atomic mass is 10.1. The Morgan fingerprint density at radius 1 is 1.19 bits per heavy atom. The summed E-state index contributed by atoms with van der Waals surface area (Å²) < 4.78 is 39.3. The lowest BCUT2D eigenvalue weighted by Gasteiger charge is -2.39. The Kier molecular flexibility index (Phi) is 5.96. The van der Waals surface area contributed by atoms with E-state index in [-0.39, 0.29) is 17.9 Å². The van der Waals surface area contributed by atoms with Gasteiger partial charge in [-0.2, -0.15) is 0 Å². The van der Waals surface area contributed by atoms with Crippen LogP contribution in [0.2, 0.25) is 0 Å². The summed E-state index contributed by atoms with van der Waals surface area (Å²) in [6.07, 6.45) is 1.21. The third-order valence-corrected chi connectivity index (χ3v) is 6.54. The highest BCUT2D eigenvalue weighted by Gasteiger charge is 2.34. The smallest absolute Gasteiger partial charge is 0.209 e. The van der Waals surface area contributed by atoms with Crippen LogP contribution in [-0.2, 0) is 10.0 Å². The molecule has 142 valence electrons. The molecule has 26 heavy (non-hydrogen) atoms. The van der Waals surface area contributed by atoms with E-state index < -0.39 is 10.0 Å². The van der Waals surface area contributed by atoms with Gasteiger partial charge >= 0.3 is 0 Å². The number of nitrogens with one attached hydrogen (secondary N) is 2. The summed E-state index contributed by atoms with van der Waals surface area (Å²) >= 11 is 1.67. The third kappa shape index (κ3) is 4.82. The lowest BCUT2D eigenvalue weighted by Crippen LogP contribution is -3.16. The molecule has 0 amide bonds. The van der Waals surface area contributed by atoms with E-state index in [9.17, 15) is 12.8 Å². The monoisotopic (exact) mass is 398 g/mol. The number of rotatable bonds is 6. The van der Waals surface area contributed by atoms with Crippen LogP contribution in [0.25, 0.3) is 0 Å². The molecule has 2 heterocycles. The fourth-order valence-corrected chi connectivity index (χ4v) is 5.49. The van der Waals surface area contributed by atoms with Crippen LogP contribution in [0.15, 0.2) is 41.8 Å². The van der Waals surface area contributed by atoms with Crippen molar-refractivity contribution in [3.05, 3.63) is 52.5 Å². The summed E-state index contributed by atoms with van der Waals surface area (Å²) in [5, 5.41) is 2.03. The van der Waals surface area contributed by atoms with Crippen LogP contribution in [0.1, 0.15) is 17.8 Å². The molecule has 0 bridgehead atoms. The van der Waals surface area contributed by atoms with Crippen LogP contribution in [0.3, 0.4) is 0 Å². The Bertz CT molecular complexity index is 801. The quantitative estimate of drug-likeness (QED) is 0.771. The molecule has 2 atom stereocenters. The summed E-state index contributed by atoms with van der Waals surface area (Å²) in [7, 11) is -3.26. The van der Waals surface area contributed by atoms with E-state index in [1.165, 1.54) is 28.2 Å². The van der Waals surface area contributed by atoms with Crippen molar-refractivity contribution in [2.75, 3.05) is 37.3 Å². The van der Waals surface area contributed by atoms with Gasteiger partial charge in [0, 0.05) is 5.69 Å². The molecule has 1 aromatic carbocycles. The van der Waals surface area contributed by atoms with Crippen molar-refractivity contribution in [1.29, 1.82) is 0 Å². The minimum atomic E-state index is -3.26. The van der Waals surface area contributed by atoms with Crippen LogP contribution in [0.4, 0.5) is 10.1 Å². The van der Waals surface area contributed by atoms with Crippen LogP contribution in [0.5, 0.6) is 0 Å². The molecule has 2 aromatic rings. The molecule has 0 saturated carbocycles. The molecule has 5 nitrogen and oxygen atoms in total. The van der Waals surface area contributed by atoms with Crippen LogP contribution >= 0.6 is 11.3 Å². The molecule has 0 unspecified atom stereocenters. The zero-order valence-electron chi connectivity index (χ0n) is 15.0. The second kappa shape index (κ2) is 8.04. The van der Waals surface area contributed by atoms with E-state index in [0.29, 0.717) is 0 Å². The van der Waals surface area contributed by atoms with E-state index in [1.54, 1.807) is 11.3 Å². The minimum absolute atomic E-state index is 0.0834. The van der Waals surface area contributed by atoms with Gasteiger partial charge in [-0.3, -0.25) is 0 Å². The van der Waals surface area contributed by atoms with Gasteiger partial charge in [-0.1, -0.05) is 6.07 Å². The largest absolute Gasteiger partial charge is 0.360 e. The predicted molar refractivity (Wildman–Crippen MR) is 104 cm³/mol. The number of nitrogens with zero attached hydrogens (tertiary/aromatic N) is 1. The Hall–Kier alpha value is -1.48. The van der Waals surface area contributed by atoms with E-state index in [2.05, 4.69) is 15.7 Å². The normalized spacial score (nSPS) is 18.7. The Balaban J connectivity index is 1.72. The van der Waals surface area contributed by atoms with E-state index in [0.717, 1.165) is 31.9 Å². The van der Waals surface area contributed by atoms with Gasteiger partial charge in [-0.05, 0) is 42.6 Å². The molecule has 2 N–H and O–H groups in total. The maximum atomic E-state index is 13.1. The fourth-order valence-electron chi connectivity index (χ4n) is 3.69. The first kappa shape index (κ1) is 19.3. The second-order valence-corrected chi connectivity index (χ2v) is 9.55. The second-order valence-electron chi connectivity index (χ2n) is 6.79. The molecule has 1 fully saturated rings. The van der Waals surface area contributed by atoms with Crippen LogP contribution in [-0.4, -0.2) is 46.9 Å². The number of thiophene rings is 1. The standard InChI is InChI=1S/C18H24FN3O2S2/c1-14(20-26(2,23)24)18(17-4-3-13-25-17)22-11-9-21(10-12-22)16-7-5-15(19)6-8-16/h3-8,13-14,18,20H,9-12H2,1-2H3/p+1/t14-,18+/m1/s1. The third-order valence-electron chi connectivity index (χ3n) is 4.79. The molecule has 0 spiro atoms. The Morgan fingerprint density at radius 3 is 2.38 bits per heavy atom. The van der Waals surface area contributed by atoms with Crippen molar-refractivity contribution in [2.45, 2.75) is 19.0 Å². The highest BCUT2D eigenvalue weighted by Crippen LogP contribution is 2.21. The van der Waals surface area contributed by atoms with Crippen LogP contribution < -0.4 is 14.5 Å². The molecule has 1 aromatic heterocycles. The first-order valence-electron chi connectivity index (χ1n) is 8.69. The molecule has 0 aliphatic carbocycles. The summed E-state index contributed by atoms with van der Waals surface area (Å²) in [4.78, 5) is 4.82. The average Bonchev–Trinajstić information content (AvgIpc) is 3.09. The van der Waals surface area contributed by atoms with Crippen molar-refractivity contribution in [1.82, 2.24) is 4.72 Å². The van der Waals surface area contributed by atoms with Gasteiger partial charge in [0.05, 0.1) is 43.4 Å². The molecule has 8 heteroatoms. The van der Waals surface area contributed by atoms with Crippen molar-refractivity contribution >= 4 is 27.0 Å². The first-order valence-corrected chi connectivity index (χ1v) is 11.5. The number of halogens is 1. The number of quaternary nitrogens is 1. The zero-order valence-corrected chi connectivity index (χ0v) is 16.6. The molecule has 3 rings (SSSR count). The number of benzene rings is 1. The predicted octanol–water partition coefficient (Wildman–Crippen LogP) is 1.27. The summed E-state index contributed by atoms with van der Waals surface area (Å²) in [5.74, 6) is -0.226. The first-order chi connectivity index (χ1) is 12.3. The summed E-state index contributed by atoms with van der Waals surface area (Å²) in [5.41, 5.74) is 1.03. The minimum Gasteiger partial charge on any atom is -0.360 e. The fraction of sp³-hybridized carbons (Fsp3) is 0.444. The van der Waals surface area contributed by atoms with Crippen molar-refractivity contribution in [3.63, 3.8) is 0 Å². The van der Waals surface area contributed by atoms with Gasteiger partial charge in [0.1, 0.15) is 11.9 Å². The molecule has 0 radical (unpaired) electrons. The van der Waals surface area contributed by atoms with Gasteiger partial charge in [-0.15, -0.1) is 11.3 Å². The molecule has 1 aliphatic rings. The number of anilines is 1. The van der Waals surface area contributed by atoms with Crippen LogP contribution in [0, 0.1) is 5.82 Å². The maximum absolute atomic E-state index is 13.1. The lowest BCUT2D eigenvalue weighted by molar-refractivity contribution is -0.933. The topological polar surface area (TPSA) is 53.9 Å². The van der Waals surface area contributed by atoms with Gasteiger partial charge in [0.25, 0.3) is 0 Å². The SMILES string of the molecule is C[C@@H](NS(C)(=O)=O)[C@@H](c1cccs1)[NH+]1CCN(c2ccc(F)cc2)CC1. The van der Waals surface area contributed by atoms with Gasteiger partial charge < -0.3 is 9.80 Å². The highest BCUT2D eigenvalue weighted by atomic mass is 32.2. The van der Waals surface area contributed by atoms with E-state index in [1.807, 2.05) is 30.5 Å². The molecular formula is C18H25FN3O2S2+. The maximum Gasteiger partial charge on any atom is 0.209 e. The average molecular weight is 399 g/mol. The van der Waals surface area contributed by atoms with Gasteiger partial charge in [-0.25, -0.2) is 17.5 Å². The zero-order chi connectivity index (χ0) is 18.7. The van der Waals surface area contributed by atoms with Gasteiger partial charge in [0.2, 0.25) is 10.0 Å².